The van der Waals surface area contributed by atoms with E-state index in [4.69, 9.17) is 9.15 Å². The Morgan fingerprint density at radius 2 is 1.53 bits per heavy atom. The van der Waals surface area contributed by atoms with E-state index in [9.17, 15) is 5.11 Å². The van der Waals surface area contributed by atoms with Crippen molar-refractivity contribution in [3.05, 3.63) is 83.9 Å². The van der Waals surface area contributed by atoms with Gasteiger partial charge in [-0.25, -0.2) is 0 Å². The van der Waals surface area contributed by atoms with Gasteiger partial charge in [-0.3, -0.25) is 4.90 Å². The van der Waals surface area contributed by atoms with Crippen LogP contribution in [0.25, 0.3) is 21.9 Å². The van der Waals surface area contributed by atoms with Crippen LogP contribution in [0.5, 0.6) is 0 Å². The van der Waals surface area contributed by atoms with Crippen molar-refractivity contribution >= 4 is 21.9 Å². The summed E-state index contributed by atoms with van der Waals surface area (Å²) < 4.78 is 11.9. The molecule has 4 heteroatoms. The summed E-state index contributed by atoms with van der Waals surface area (Å²) >= 11 is 0. The van der Waals surface area contributed by atoms with E-state index in [1.807, 2.05) is 30.3 Å². The van der Waals surface area contributed by atoms with Crippen LogP contribution in [-0.4, -0.2) is 35.3 Å². The molecule has 2 bridgehead atoms. The zero-order valence-electron chi connectivity index (χ0n) is 16.8. The third-order valence-corrected chi connectivity index (χ3v) is 6.83. The minimum absolute atomic E-state index is 0.208. The lowest BCUT2D eigenvalue weighted by Gasteiger charge is -2.52. The number of rotatable bonds is 3. The predicted octanol–water partition coefficient (Wildman–Crippen LogP) is 4.84. The molecule has 0 amide bonds. The van der Waals surface area contributed by atoms with Gasteiger partial charge in [0.1, 0.15) is 11.2 Å². The summed E-state index contributed by atoms with van der Waals surface area (Å²) in [5.41, 5.74) is 3.20. The molecule has 3 aromatic carbocycles. The first-order valence-corrected chi connectivity index (χ1v) is 10.7. The Morgan fingerprint density at radius 1 is 0.833 bits per heavy atom. The molecule has 0 aliphatic carbocycles. The van der Waals surface area contributed by atoms with Crippen molar-refractivity contribution in [2.24, 2.45) is 0 Å². The Labute approximate surface area is 175 Å². The number of morpholine rings is 1. The summed E-state index contributed by atoms with van der Waals surface area (Å²) in [6, 6.07) is 25.3. The monoisotopic (exact) mass is 399 g/mol. The molecule has 2 aliphatic heterocycles. The van der Waals surface area contributed by atoms with Crippen LogP contribution in [-0.2, 0) is 16.9 Å². The smallest absolute Gasteiger partial charge is 0.135 e. The summed E-state index contributed by atoms with van der Waals surface area (Å²) in [5.74, 6) is 0. The van der Waals surface area contributed by atoms with Gasteiger partial charge in [0.15, 0.2) is 0 Å². The average Bonchev–Trinajstić information content (AvgIpc) is 3.13. The molecule has 30 heavy (non-hydrogen) atoms. The van der Waals surface area contributed by atoms with E-state index in [2.05, 4.69) is 47.4 Å². The van der Waals surface area contributed by atoms with Gasteiger partial charge in [0.25, 0.3) is 0 Å². The Bertz CT molecular complexity index is 1180. The molecule has 2 saturated heterocycles. The summed E-state index contributed by atoms with van der Waals surface area (Å²) in [7, 11) is 0. The van der Waals surface area contributed by atoms with Crippen LogP contribution in [0.2, 0.25) is 0 Å². The van der Waals surface area contributed by atoms with Crippen LogP contribution in [0.4, 0.5) is 0 Å². The zero-order valence-corrected chi connectivity index (χ0v) is 16.8. The van der Waals surface area contributed by atoms with Crippen molar-refractivity contribution in [1.29, 1.82) is 0 Å². The molecule has 2 fully saturated rings. The molecular weight excluding hydrogens is 374 g/mol. The molecule has 3 heterocycles. The molecule has 4 aromatic rings. The highest BCUT2D eigenvalue weighted by Crippen LogP contribution is 2.43. The highest BCUT2D eigenvalue weighted by atomic mass is 16.5. The first-order valence-electron chi connectivity index (χ1n) is 10.7. The molecule has 2 atom stereocenters. The van der Waals surface area contributed by atoms with E-state index in [1.54, 1.807) is 0 Å². The quantitative estimate of drug-likeness (QED) is 0.536. The number of ether oxygens (including phenoxy) is 1. The van der Waals surface area contributed by atoms with Gasteiger partial charge in [-0.2, -0.15) is 0 Å². The molecule has 2 unspecified atom stereocenters. The number of hydrogen-bond donors (Lipinski definition) is 1. The number of hydrogen-bond acceptors (Lipinski definition) is 4. The number of furan rings is 1. The maximum absolute atomic E-state index is 11.8. The summed E-state index contributed by atoms with van der Waals surface area (Å²) in [6.45, 7) is 2.24. The van der Waals surface area contributed by atoms with Crippen LogP contribution in [0, 0.1) is 0 Å². The molecule has 2 aliphatic rings. The van der Waals surface area contributed by atoms with Gasteiger partial charge in [-0.1, -0.05) is 54.6 Å². The second-order valence-corrected chi connectivity index (χ2v) is 8.75. The van der Waals surface area contributed by atoms with E-state index in [0.717, 1.165) is 34.0 Å². The number of aliphatic hydroxyl groups is 1. The first-order chi connectivity index (χ1) is 14.7. The maximum atomic E-state index is 11.8. The van der Waals surface area contributed by atoms with E-state index >= 15 is 0 Å². The fraction of sp³-hybridized carbons (Fsp3) is 0.308. The van der Waals surface area contributed by atoms with Crippen LogP contribution in [0.15, 0.2) is 77.2 Å². The fourth-order valence-electron chi connectivity index (χ4n) is 5.35. The van der Waals surface area contributed by atoms with Crippen LogP contribution in [0.1, 0.15) is 24.0 Å². The van der Waals surface area contributed by atoms with Gasteiger partial charge in [0.05, 0.1) is 18.8 Å². The standard InChI is InChI=1S/C26H25NO3/c28-26(19-10-11-25-23(12-19)22-8-4-5-9-24(22)30-25)13-20-16-29-17-21(14-26)27(20)15-18-6-2-1-3-7-18/h1-12,20-21,28H,13-17H2. The number of benzene rings is 3. The molecular formula is C26H25NO3. The van der Waals surface area contributed by atoms with Crippen LogP contribution in [0.3, 0.4) is 0 Å². The Kier molecular flexibility index (Phi) is 4.20. The minimum Gasteiger partial charge on any atom is -0.456 e. The highest BCUT2D eigenvalue weighted by Gasteiger charge is 2.47. The molecule has 0 saturated carbocycles. The van der Waals surface area contributed by atoms with E-state index in [-0.39, 0.29) is 12.1 Å². The second kappa shape index (κ2) is 6.95. The number of fused-ring (bicyclic) bond motifs is 5. The lowest BCUT2D eigenvalue weighted by atomic mass is 9.76. The molecule has 4 nitrogen and oxygen atoms in total. The van der Waals surface area contributed by atoms with Crippen LogP contribution >= 0.6 is 0 Å². The SMILES string of the molecule is OC1(c2ccc3oc4ccccc4c3c2)CC2COCC(C1)N2Cc1ccccc1. The van der Waals surface area contributed by atoms with Gasteiger partial charge >= 0.3 is 0 Å². The van der Waals surface area contributed by atoms with E-state index in [1.165, 1.54) is 5.56 Å². The van der Waals surface area contributed by atoms with Crippen molar-refractivity contribution in [2.75, 3.05) is 13.2 Å². The molecule has 0 spiro atoms. The van der Waals surface area contributed by atoms with Crippen molar-refractivity contribution in [3.8, 4) is 0 Å². The van der Waals surface area contributed by atoms with Crippen LogP contribution < -0.4 is 0 Å². The third-order valence-electron chi connectivity index (χ3n) is 6.83. The number of piperidine rings is 1. The largest absolute Gasteiger partial charge is 0.456 e. The zero-order chi connectivity index (χ0) is 20.1. The predicted molar refractivity (Wildman–Crippen MR) is 117 cm³/mol. The first kappa shape index (κ1) is 18.1. The highest BCUT2D eigenvalue weighted by molar-refractivity contribution is 6.05. The van der Waals surface area contributed by atoms with Crippen molar-refractivity contribution in [3.63, 3.8) is 0 Å². The topological polar surface area (TPSA) is 45.8 Å². The van der Waals surface area contributed by atoms with Gasteiger partial charge in [0, 0.05) is 29.4 Å². The minimum atomic E-state index is -0.848. The Morgan fingerprint density at radius 3 is 2.33 bits per heavy atom. The fourth-order valence-corrected chi connectivity index (χ4v) is 5.35. The summed E-state index contributed by atoms with van der Waals surface area (Å²) in [6.07, 6.45) is 1.36. The van der Waals surface area contributed by atoms with Gasteiger partial charge in [-0.15, -0.1) is 0 Å². The van der Waals surface area contributed by atoms with E-state index in [0.29, 0.717) is 26.1 Å². The van der Waals surface area contributed by atoms with E-state index < -0.39 is 5.60 Å². The summed E-state index contributed by atoms with van der Waals surface area (Å²) in [4.78, 5) is 2.53. The number of nitrogens with zero attached hydrogens (tertiary/aromatic N) is 1. The third kappa shape index (κ3) is 2.95. The second-order valence-electron chi connectivity index (χ2n) is 8.75. The molecule has 1 aromatic heterocycles. The molecule has 152 valence electrons. The molecule has 6 rings (SSSR count). The molecule has 1 N–H and O–H groups in total. The van der Waals surface area contributed by atoms with Crippen molar-refractivity contribution in [2.45, 2.75) is 37.1 Å². The maximum Gasteiger partial charge on any atom is 0.135 e. The normalized spacial score (nSPS) is 27.0. The van der Waals surface area contributed by atoms with Gasteiger partial charge < -0.3 is 14.3 Å². The van der Waals surface area contributed by atoms with Crippen molar-refractivity contribution < 1.29 is 14.3 Å². The van der Waals surface area contributed by atoms with Gasteiger partial charge in [-0.05, 0) is 42.2 Å². The number of para-hydroxylation sites is 1. The lowest BCUT2D eigenvalue weighted by Crippen LogP contribution is -2.60. The Balaban J connectivity index is 1.34. The lowest BCUT2D eigenvalue weighted by molar-refractivity contribution is -0.149. The average molecular weight is 399 g/mol. The Hall–Kier alpha value is -2.66. The molecule has 0 radical (unpaired) electrons. The van der Waals surface area contributed by atoms with Crippen molar-refractivity contribution in [1.82, 2.24) is 4.90 Å². The summed E-state index contributed by atoms with van der Waals surface area (Å²) in [5, 5.41) is 14.0. The van der Waals surface area contributed by atoms with Gasteiger partial charge in [0.2, 0.25) is 0 Å².